The molecule has 0 aromatic carbocycles. The van der Waals surface area contributed by atoms with Crippen LogP contribution in [0.25, 0.3) is 0 Å². The van der Waals surface area contributed by atoms with Crippen LogP contribution in [0.5, 0.6) is 0 Å². The summed E-state index contributed by atoms with van der Waals surface area (Å²) < 4.78 is 18.8. The van der Waals surface area contributed by atoms with Gasteiger partial charge in [-0.3, -0.25) is 0 Å². The van der Waals surface area contributed by atoms with E-state index in [0.717, 1.165) is 64.8 Å². The third-order valence-corrected chi connectivity index (χ3v) is 5.43. The molecular formula is C15H22O3. The molecule has 3 fully saturated rings. The van der Waals surface area contributed by atoms with E-state index in [4.69, 9.17) is 14.2 Å². The Balaban J connectivity index is 1.84. The van der Waals surface area contributed by atoms with Crippen LogP contribution in [0, 0.1) is 0 Å². The fourth-order valence-electron chi connectivity index (χ4n) is 4.75. The fraction of sp³-hybridized carbons (Fsp3) is 0.867. The molecule has 4 aliphatic rings. The number of fused-ring (bicyclic) bond motifs is 2. The lowest BCUT2D eigenvalue weighted by molar-refractivity contribution is -0.244. The molecule has 3 atom stereocenters. The molecule has 3 saturated heterocycles. The van der Waals surface area contributed by atoms with Gasteiger partial charge in [0.25, 0.3) is 0 Å². The molecule has 3 heteroatoms. The van der Waals surface area contributed by atoms with Crippen LogP contribution in [-0.4, -0.2) is 36.6 Å². The smallest absolute Gasteiger partial charge is 0.130 e. The zero-order valence-electron chi connectivity index (χ0n) is 11.0. The quantitative estimate of drug-likeness (QED) is 0.618. The summed E-state index contributed by atoms with van der Waals surface area (Å²) >= 11 is 0. The second-order valence-corrected chi connectivity index (χ2v) is 6.17. The number of rotatable bonds is 0. The van der Waals surface area contributed by atoms with Crippen molar-refractivity contribution >= 4 is 0 Å². The zero-order chi connectivity index (χ0) is 12.1. The van der Waals surface area contributed by atoms with Gasteiger partial charge in [0.1, 0.15) is 16.8 Å². The Morgan fingerprint density at radius 2 is 1.56 bits per heavy atom. The minimum atomic E-state index is -0.207. The van der Waals surface area contributed by atoms with E-state index in [1.165, 1.54) is 0 Å². The van der Waals surface area contributed by atoms with E-state index in [-0.39, 0.29) is 16.8 Å². The molecule has 0 N–H and O–H groups in total. The highest BCUT2D eigenvalue weighted by atomic mass is 16.6. The predicted molar refractivity (Wildman–Crippen MR) is 67.5 cm³/mol. The molecule has 4 rings (SSSR count). The number of hydrogen-bond donors (Lipinski definition) is 0. The Bertz CT molecular complexity index is 356. The average molecular weight is 250 g/mol. The second kappa shape index (κ2) is 3.81. The third-order valence-electron chi connectivity index (χ3n) is 5.43. The van der Waals surface area contributed by atoms with Crippen LogP contribution in [0.1, 0.15) is 44.9 Å². The van der Waals surface area contributed by atoms with Crippen molar-refractivity contribution in [2.45, 2.75) is 61.7 Å². The predicted octanol–water partition coefficient (Wildman–Crippen LogP) is 2.59. The maximum absolute atomic E-state index is 6.36. The average Bonchev–Trinajstić information content (AvgIpc) is 3.08. The van der Waals surface area contributed by atoms with Crippen molar-refractivity contribution < 1.29 is 14.2 Å². The van der Waals surface area contributed by atoms with E-state index in [1.807, 2.05) is 0 Å². The minimum Gasteiger partial charge on any atom is -0.372 e. The van der Waals surface area contributed by atoms with Gasteiger partial charge in [-0.2, -0.15) is 0 Å². The summed E-state index contributed by atoms with van der Waals surface area (Å²) in [6.45, 7) is 2.62. The molecular weight excluding hydrogens is 228 g/mol. The van der Waals surface area contributed by atoms with Crippen molar-refractivity contribution in [2.24, 2.45) is 0 Å². The Kier molecular flexibility index (Phi) is 2.42. The molecule has 3 aliphatic heterocycles. The first-order chi connectivity index (χ1) is 8.83. The standard InChI is InChI=1S/C15H22O3/c1-5-13(7-2-10-16-13)15(9-4-12-18-15)14(6-1)8-3-11-17-14/h1,5H,2-4,6-12H2/t13-,14-,15-/m0/s1. The van der Waals surface area contributed by atoms with E-state index in [1.54, 1.807) is 0 Å². The molecule has 0 aromatic rings. The summed E-state index contributed by atoms with van der Waals surface area (Å²) in [7, 11) is 0. The van der Waals surface area contributed by atoms with Gasteiger partial charge in [0.15, 0.2) is 0 Å². The highest BCUT2D eigenvalue weighted by Gasteiger charge is 2.68. The molecule has 18 heavy (non-hydrogen) atoms. The molecule has 0 amide bonds. The van der Waals surface area contributed by atoms with Gasteiger partial charge in [0, 0.05) is 19.8 Å². The van der Waals surface area contributed by atoms with Crippen LogP contribution in [0.4, 0.5) is 0 Å². The van der Waals surface area contributed by atoms with Gasteiger partial charge in [0.2, 0.25) is 0 Å². The summed E-state index contributed by atoms with van der Waals surface area (Å²) in [4.78, 5) is 0. The molecule has 0 saturated carbocycles. The van der Waals surface area contributed by atoms with E-state index in [2.05, 4.69) is 12.2 Å². The highest BCUT2D eigenvalue weighted by molar-refractivity contribution is 5.29. The maximum atomic E-state index is 6.36. The van der Waals surface area contributed by atoms with Crippen LogP contribution in [0.15, 0.2) is 12.2 Å². The van der Waals surface area contributed by atoms with Crippen LogP contribution >= 0.6 is 0 Å². The molecule has 3 spiro atoms. The molecule has 100 valence electrons. The van der Waals surface area contributed by atoms with Gasteiger partial charge >= 0.3 is 0 Å². The lowest BCUT2D eigenvalue weighted by Crippen LogP contribution is -2.67. The summed E-state index contributed by atoms with van der Waals surface area (Å²) in [5, 5.41) is 0. The molecule has 3 nitrogen and oxygen atoms in total. The van der Waals surface area contributed by atoms with Crippen LogP contribution in [0.2, 0.25) is 0 Å². The molecule has 3 heterocycles. The zero-order valence-corrected chi connectivity index (χ0v) is 11.0. The SMILES string of the molecule is C1=C[C@]2(CCCO2)[C@@]2(CCCO2)[C@]2(C1)CCCO2. The molecule has 0 aromatic heterocycles. The van der Waals surface area contributed by atoms with Crippen LogP contribution in [0.3, 0.4) is 0 Å². The Morgan fingerprint density at radius 3 is 2.22 bits per heavy atom. The van der Waals surface area contributed by atoms with Crippen molar-refractivity contribution in [2.75, 3.05) is 19.8 Å². The van der Waals surface area contributed by atoms with E-state index in [0.29, 0.717) is 0 Å². The first-order valence-corrected chi connectivity index (χ1v) is 7.42. The fourth-order valence-corrected chi connectivity index (χ4v) is 4.75. The van der Waals surface area contributed by atoms with Crippen molar-refractivity contribution in [1.82, 2.24) is 0 Å². The molecule has 0 unspecified atom stereocenters. The third kappa shape index (κ3) is 1.21. The Hall–Kier alpha value is -0.380. The largest absolute Gasteiger partial charge is 0.372 e. The van der Waals surface area contributed by atoms with E-state index < -0.39 is 0 Å². The first-order valence-electron chi connectivity index (χ1n) is 7.42. The van der Waals surface area contributed by atoms with Gasteiger partial charge < -0.3 is 14.2 Å². The van der Waals surface area contributed by atoms with Crippen LogP contribution in [-0.2, 0) is 14.2 Å². The van der Waals surface area contributed by atoms with Crippen molar-refractivity contribution in [3.05, 3.63) is 12.2 Å². The lowest BCUT2D eigenvalue weighted by atomic mass is 9.62. The topological polar surface area (TPSA) is 27.7 Å². The summed E-state index contributed by atoms with van der Waals surface area (Å²) in [6.07, 6.45) is 12.3. The van der Waals surface area contributed by atoms with E-state index >= 15 is 0 Å². The molecule has 1 aliphatic carbocycles. The Morgan fingerprint density at radius 1 is 0.778 bits per heavy atom. The van der Waals surface area contributed by atoms with Crippen molar-refractivity contribution in [3.63, 3.8) is 0 Å². The van der Waals surface area contributed by atoms with Crippen molar-refractivity contribution in [1.29, 1.82) is 0 Å². The maximum Gasteiger partial charge on any atom is 0.130 e. The normalized spacial score (nSPS) is 51.1. The number of hydrogen-bond acceptors (Lipinski definition) is 3. The van der Waals surface area contributed by atoms with Gasteiger partial charge in [-0.1, -0.05) is 12.2 Å². The first kappa shape index (κ1) is 11.4. The highest BCUT2D eigenvalue weighted by Crippen LogP contribution is 2.58. The summed E-state index contributed by atoms with van der Waals surface area (Å²) in [5.41, 5.74) is -0.517. The second-order valence-electron chi connectivity index (χ2n) is 6.17. The molecule has 0 bridgehead atoms. The van der Waals surface area contributed by atoms with Crippen LogP contribution < -0.4 is 0 Å². The minimum absolute atomic E-state index is 0.109. The monoisotopic (exact) mass is 250 g/mol. The van der Waals surface area contributed by atoms with Gasteiger partial charge in [-0.15, -0.1) is 0 Å². The van der Waals surface area contributed by atoms with Gasteiger partial charge in [-0.25, -0.2) is 0 Å². The Labute approximate surface area is 108 Å². The summed E-state index contributed by atoms with van der Waals surface area (Å²) in [5.74, 6) is 0. The molecule has 0 radical (unpaired) electrons. The van der Waals surface area contributed by atoms with Crippen molar-refractivity contribution in [3.8, 4) is 0 Å². The summed E-state index contributed by atoms with van der Waals surface area (Å²) in [6, 6.07) is 0. The lowest BCUT2D eigenvalue weighted by Gasteiger charge is -2.55. The van der Waals surface area contributed by atoms with Gasteiger partial charge in [-0.05, 0) is 44.9 Å². The van der Waals surface area contributed by atoms with E-state index in [9.17, 15) is 0 Å². The number of ether oxygens (including phenoxy) is 3. The van der Waals surface area contributed by atoms with Gasteiger partial charge in [0.05, 0.1) is 0 Å².